The van der Waals surface area contributed by atoms with Gasteiger partial charge in [-0.1, -0.05) is 25.5 Å². The average molecular weight is 263 g/mol. The standard InChI is InChI=1S/C15H26BNO2/c1-7-9-10-11-17-12-13(8-2)16-18-14(3,4)15(5,6)19-16/h8,10-12H,7,9H2,1-6H3/b11-10-,13-8+,17-12-. The molecule has 0 bridgehead atoms. The predicted molar refractivity (Wildman–Crippen MR) is 82.4 cm³/mol. The summed E-state index contributed by atoms with van der Waals surface area (Å²) in [6.45, 7) is 12.3. The number of unbranched alkanes of at least 4 members (excludes halogenated alkanes) is 1. The zero-order chi connectivity index (χ0) is 14.5. The summed E-state index contributed by atoms with van der Waals surface area (Å²) in [5, 5.41) is 0. The van der Waals surface area contributed by atoms with Crippen LogP contribution in [0.25, 0.3) is 0 Å². The molecule has 4 heteroatoms. The summed E-state index contributed by atoms with van der Waals surface area (Å²) in [7, 11) is -0.335. The second kappa shape index (κ2) is 6.53. The Morgan fingerprint density at radius 3 is 2.21 bits per heavy atom. The Kier molecular flexibility index (Phi) is 5.57. The van der Waals surface area contributed by atoms with Gasteiger partial charge in [0, 0.05) is 12.4 Å². The van der Waals surface area contributed by atoms with Gasteiger partial charge in [-0.15, -0.1) is 0 Å². The molecule has 1 heterocycles. The Morgan fingerprint density at radius 1 is 1.16 bits per heavy atom. The molecule has 0 atom stereocenters. The molecule has 0 aromatic carbocycles. The van der Waals surface area contributed by atoms with Crippen molar-refractivity contribution < 1.29 is 9.31 Å². The van der Waals surface area contributed by atoms with Crippen molar-refractivity contribution in [2.75, 3.05) is 0 Å². The molecule has 1 rings (SSSR count). The van der Waals surface area contributed by atoms with Gasteiger partial charge in [-0.3, -0.25) is 4.99 Å². The summed E-state index contributed by atoms with van der Waals surface area (Å²) in [5.41, 5.74) is 0.343. The van der Waals surface area contributed by atoms with E-state index in [0.29, 0.717) is 0 Å². The number of hydrogen-bond donors (Lipinski definition) is 0. The molecule has 0 amide bonds. The largest absolute Gasteiger partial charge is 0.496 e. The number of aliphatic imine (C=N–C) groups is 1. The van der Waals surface area contributed by atoms with Crippen LogP contribution in [0.15, 0.2) is 28.8 Å². The lowest BCUT2D eigenvalue weighted by Gasteiger charge is -2.32. The second-order valence-corrected chi connectivity index (χ2v) is 5.83. The minimum atomic E-state index is -0.335. The van der Waals surface area contributed by atoms with Gasteiger partial charge in [0.1, 0.15) is 0 Å². The van der Waals surface area contributed by atoms with Crippen LogP contribution in [0, 0.1) is 0 Å². The lowest BCUT2D eigenvalue weighted by molar-refractivity contribution is 0.00578. The van der Waals surface area contributed by atoms with Crippen molar-refractivity contribution in [1.82, 2.24) is 0 Å². The van der Waals surface area contributed by atoms with Gasteiger partial charge in [0.15, 0.2) is 0 Å². The second-order valence-electron chi connectivity index (χ2n) is 5.83. The van der Waals surface area contributed by atoms with E-state index in [1.165, 1.54) is 0 Å². The molecule has 0 unspecified atom stereocenters. The number of rotatable bonds is 5. The van der Waals surface area contributed by atoms with Gasteiger partial charge in [-0.2, -0.15) is 0 Å². The summed E-state index contributed by atoms with van der Waals surface area (Å²) in [6, 6.07) is 0. The highest BCUT2D eigenvalue weighted by Gasteiger charge is 2.51. The van der Waals surface area contributed by atoms with Gasteiger partial charge in [-0.25, -0.2) is 0 Å². The van der Waals surface area contributed by atoms with Crippen LogP contribution in [0.4, 0.5) is 0 Å². The monoisotopic (exact) mass is 263 g/mol. The van der Waals surface area contributed by atoms with E-state index < -0.39 is 0 Å². The molecule has 1 aliphatic heterocycles. The van der Waals surface area contributed by atoms with Gasteiger partial charge in [0.05, 0.1) is 11.2 Å². The highest BCUT2D eigenvalue weighted by atomic mass is 16.7. The molecule has 0 radical (unpaired) electrons. The van der Waals surface area contributed by atoms with Gasteiger partial charge in [-0.05, 0) is 46.5 Å². The Morgan fingerprint density at radius 2 is 1.74 bits per heavy atom. The first-order chi connectivity index (χ1) is 8.84. The van der Waals surface area contributed by atoms with Crippen molar-refractivity contribution in [3.05, 3.63) is 23.8 Å². The van der Waals surface area contributed by atoms with Crippen LogP contribution in [-0.4, -0.2) is 24.5 Å². The van der Waals surface area contributed by atoms with Crippen LogP contribution in [0.3, 0.4) is 0 Å². The Bertz CT molecular complexity index is 368. The number of allylic oxidation sites excluding steroid dienone is 3. The maximum Gasteiger partial charge on any atom is 0.496 e. The van der Waals surface area contributed by atoms with Crippen molar-refractivity contribution >= 4 is 13.3 Å². The van der Waals surface area contributed by atoms with Crippen LogP contribution >= 0.6 is 0 Å². The normalized spacial score (nSPS) is 22.8. The van der Waals surface area contributed by atoms with Crippen molar-refractivity contribution in [3.8, 4) is 0 Å². The summed E-state index contributed by atoms with van der Waals surface area (Å²) < 4.78 is 12.0. The van der Waals surface area contributed by atoms with Crippen LogP contribution in [0.2, 0.25) is 0 Å². The molecule has 3 nitrogen and oxygen atoms in total. The van der Waals surface area contributed by atoms with E-state index in [4.69, 9.17) is 9.31 Å². The molecule has 19 heavy (non-hydrogen) atoms. The third kappa shape index (κ3) is 4.05. The predicted octanol–water partition coefficient (Wildman–Crippen LogP) is 3.95. The molecule has 0 aromatic rings. The third-order valence-electron chi connectivity index (χ3n) is 3.73. The molecule has 106 valence electrons. The summed E-state index contributed by atoms with van der Waals surface area (Å²) in [6.07, 6.45) is 9.89. The third-order valence-corrected chi connectivity index (χ3v) is 3.73. The highest BCUT2D eigenvalue weighted by molar-refractivity contribution is 6.60. The maximum absolute atomic E-state index is 5.99. The Hall–Kier alpha value is -0.865. The van der Waals surface area contributed by atoms with Gasteiger partial charge in [0.2, 0.25) is 0 Å². The smallest absolute Gasteiger partial charge is 0.399 e. The van der Waals surface area contributed by atoms with Gasteiger partial charge in [0.25, 0.3) is 0 Å². The van der Waals surface area contributed by atoms with Crippen LogP contribution < -0.4 is 0 Å². The Balaban J connectivity index is 2.69. The van der Waals surface area contributed by atoms with E-state index in [2.05, 4.69) is 45.7 Å². The van der Waals surface area contributed by atoms with E-state index in [9.17, 15) is 0 Å². The molecule has 0 spiro atoms. The number of hydrogen-bond acceptors (Lipinski definition) is 3. The number of nitrogens with zero attached hydrogens (tertiary/aromatic N) is 1. The first-order valence-corrected chi connectivity index (χ1v) is 7.04. The van der Waals surface area contributed by atoms with E-state index in [1.54, 1.807) is 0 Å². The average Bonchev–Trinajstić information content (AvgIpc) is 2.53. The van der Waals surface area contributed by atoms with E-state index in [0.717, 1.165) is 18.3 Å². The molecular formula is C15H26BNO2. The highest BCUT2D eigenvalue weighted by Crippen LogP contribution is 2.38. The van der Waals surface area contributed by atoms with E-state index >= 15 is 0 Å². The molecule has 0 saturated carbocycles. The van der Waals surface area contributed by atoms with Crippen molar-refractivity contribution in [1.29, 1.82) is 0 Å². The first kappa shape index (κ1) is 16.2. The van der Waals surface area contributed by atoms with E-state index in [1.807, 2.05) is 25.4 Å². The molecule has 0 aromatic heterocycles. The lowest BCUT2D eigenvalue weighted by Crippen LogP contribution is -2.41. The fraction of sp³-hybridized carbons (Fsp3) is 0.667. The van der Waals surface area contributed by atoms with E-state index in [-0.39, 0.29) is 18.3 Å². The van der Waals surface area contributed by atoms with Crippen molar-refractivity contribution in [2.24, 2.45) is 4.99 Å². The molecule has 1 aliphatic rings. The summed E-state index contributed by atoms with van der Waals surface area (Å²) >= 11 is 0. The molecular weight excluding hydrogens is 237 g/mol. The minimum Gasteiger partial charge on any atom is -0.399 e. The zero-order valence-corrected chi connectivity index (χ0v) is 13.1. The summed E-state index contributed by atoms with van der Waals surface area (Å²) in [4.78, 5) is 4.29. The fourth-order valence-electron chi connectivity index (χ4n) is 1.68. The molecule has 0 N–H and O–H groups in total. The molecule has 0 aliphatic carbocycles. The molecule has 1 fully saturated rings. The fourth-order valence-corrected chi connectivity index (χ4v) is 1.68. The SMILES string of the molecule is C\C=C(/C=N\C=C/CCC)B1OC(C)(C)C(C)(C)O1. The van der Waals surface area contributed by atoms with Crippen LogP contribution in [0.5, 0.6) is 0 Å². The topological polar surface area (TPSA) is 30.8 Å². The van der Waals surface area contributed by atoms with Crippen molar-refractivity contribution in [3.63, 3.8) is 0 Å². The van der Waals surface area contributed by atoms with Crippen LogP contribution in [-0.2, 0) is 9.31 Å². The quantitative estimate of drug-likeness (QED) is 0.555. The Labute approximate surface area is 117 Å². The molecule has 1 saturated heterocycles. The maximum atomic E-state index is 5.99. The van der Waals surface area contributed by atoms with Gasteiger partial charge < -0.3 is 9.31 Å². The summed E-state index contributed by atoms with van der Waals surface area (Å²) in [5.74, 6) is 0. The van der Waals surface area contributed by atoms with Gasteiger partial charge >= 0.3 is 7.12 Å². The first-order valence-electron chi connectivity index (χ1n) is 7.04. The van der Waals surface area contributed by atoms with Crippen LogP contribution in [0.1, 0.15) is 54.4 Å². The minimum absolute atomic E-state index is 0.308. The van der Waals surface area contributed by atoms with Crippen molar-refractivity contribution in [2.45, 2.75) is 65.6 Å². The zero-order valence-electron chi connectivity index (χ0n) is 13.1. The lowest BCUT2D eigenvalue weighted by atomic mass is 9.79.